The summed E-state index contributed by atoms with van der Waals surface area (Å²) in [5.41, 5.74) is -0.276. The Bertz CT molecular complexity index is 171. The number of ether oxygens (including phenoxy) is 1. The van der Waals surface area contributed by atoms with Crippen LogP contribution in [0.2, 0.25) is 0 Å². The van der Waals surface area contributed by atoms with Gasteiger partial charge in [0.05, 0.1) is 12.0 Å². The molecule has 1 aliphatic heterocycles. The van der Waals surface area contributed by atoms with Crippen molar-refractivity contribution >= 4 is 5.91 Å². The summed E-state index contributed by atoms with van der Waals surface area (Å²) < 4.78 is 5.31. The molecule has 0 bridgehead atoms. The second-order valence-corrected chi connectivity index (χ2v) is 3.92. The van der Waals surface area contributed by atoms with Crippen molar-refractivity contribution < 1.29 is 9.53 Å². The standard InChI is InChI=1S/C9H17NO2/c1-9(8(11)10(2)3)5-4-6-12-7-9/h4-7H2,1-3H3. The van der Waals surface area contributed by atoms with Crippen molar-refractivity contribution in [2.75, 3.05) is 27.3 Å². The minimum Gasteiger partial charge on any atom is -0.380 e. The smallest absolute Gasteiger partial charge is 0.230 e. The highest BCUT2D eigenvalue weighted by Gasteiger charge is 2.36. The molecule has 0 aliphatic carbocycles. The molecule has 1 amide bonds. The van der Waals surface area contributed by atoms with Crippen molar-refractivity contribution in [1.29, 1.82) is 0 Å². The zero-order valence-corrected chi connectivity index (χ0v) is 8.09. The predicted octanol–water partition coefficient (Wildman–Crippen LogP) is 0.891. The topological polar surface area (TPSA) is 29.5 Å². The lowest BCUT2D eigenvalue weighted by molar-refractivity contribution is -0.146. The van der Waals surface area contributed by atoms with Gasteiger partial charge in [0.2, 0.25) is 5.91 Å². The van der Waals surface area contributed by atoms with Crippen molar-refractivity contribution in [3.63, 3.8) is 0 Å². The van der Waals surface area contributed by atoms with Crippen molar-refractivity contribution in [3.8, 4) is 0 Å². The third kappa shape index (κ3) is 1.78. The fourth-order valence-corrected chi connectivity index (χ4v) is 1.64. The van der Waals surface area contributed by atoms with E-state index in [2.05, 4.69) is 0 Å². The van der Waals surface area contributed by atoms with Crippen LogP contribution in [-0.4, -0.2) is 38.1 Å². The van der Waals surface area contributed by atoms with Crippen LogP contribution in [0.1, 0.15) is 19.8 Å². The van der Waals surface area contributed by atoms with Crippen LogP contribution < -0.4 is 0 Å². The third-order valence-corrected chi connectivity index (χ3v) is 2.36. The first-order valence-corrected chi connectivity index (χ1v) is 4.36. The molecule has 70 valence electrons. The van der Waals surface area contributed by atoms with E-state index in [0.29, 0.717) is 6.61 Å². The molecule has 0 aromatic carbocycles. The number of nitrogens with zero attached hydrogens (tertiary/aromatic N) is 1. The van der Waals surface area contributed by atoms with E-state index in [1.807, 2.05) is 6.92 Å². The summed E-state index contributed by atoms with van der Waals surface area (Å²) in [6.45, 7) is 3.36. The van der Waals surface area contributed by atoms with Gasteiger partial charge in [0.25, 0.3) is 0 Å². The molecule has 1 aliphatic rings. The van der Waals surface area contributed by atoms with Crippen molar-refractivity contribution in [2.24, 2.45) is 5.41 Å². The molecule has 0 N–H and O–H groups in total. The molecule has 0 aromatic heterocycles. The Morgan fingerprint density at radius 1 is 1.50 bits per heavy atom. The number of amides is 1. The van der Waals surface area contributed by atoms with Crippen LogP contribution in [0.4, 0.5) is 0 Å². The Labute approximate surface area is 73.7 Å². The minimum absolute atomic E-state index is 0.183. The zero-order valence-electron chi connectivity index (χ0n) is 8.09. The molecule has 1 unspecified atom stereocenters. The first-order chi connectivity index (χ1) is 5.56. The summed E-state index contributed by atoms with van der Waals surface area (Å²) in [6, 6.07) is 0. The van der Waals surface area contributed by atoms with Crippen LogP contribution in [0, 0.1) is 5.41 Å². The fourth-order valence-electron chi connectivity index (χ4n) is 1.64. The van der Waals surface area contributed by atoms with Crippen LogP contribution in [0.15, 0.2) is 0 Å². The van der Waals surface area contributed by atoms with E-state index in [0.717, 1.165) is 19.4 Å². The normalized spacial score (nSPS) is 29.9. The molecule has 12 heavy (non-hydrogen) atoms. The Balaban J connectivity index is 2.62. The lowest BCUT2D eigenvalue weighted by Gasteiger charge is -2.34. The molecule has 0 aromatic rings. The van der Waals surface area contributed by atoms with Crippen molar-refractivity contribution in [2.45, 2.75) is 19.8 Å². The highest BCUT2D eigenvalue weighted by Crippen LogP contribution is 2.29. The summed E-state index contributed by atoms with van der Waals surface area (Å²) in [7, 11) is 3.59. The van der Waals surface area contributed by atoms with E-state index in [1.165, 1.54) is 0 Å². The summed E-state index contributed by atoms with van der Waals surface area (Å²) in [5.74, 6) is 0.183. The molecule has 1 atom stereocenters. The molecule has 3 heteroatoms. The summed E-state index contributed by atoms with van der Waals surface area (Å²) in [5, 5.41) is 0. The van der Waals surface area contributed by atoms with Gasteiger partial charge in [-0.2, -0.15) is 0 Å². The van der Waals surface area contributed by atoms with Gasteiger partial charge in [0.15, 0.2) is 0 Å². The lowest BCUT2D eigenvalue weighted by Crippen LogP contribution is -2.43. The van der Waals surface area contributed by atoms with Gasteiger partial charge in [0, 0.05) is 20.7 Å². The number of rotatable bonds is 1. The molecule has 0 saturated carbocycles. The number of hydrogen-bond donors (Lipinski definition) is 0. The maximum Gasteiger partial charge on any atom is 0.230 e. The second kappa shape index (κ2) is 3.44. The fraction of sp³-hybridized carbons (Fsp3) is 0.889. The Kier molecular flexibility index (Phi) is 2.73. The van der Waals surface area contributed by atoms with Gasteiger partial charge >= 0.3 is 0 Å². The Morgan fingerprint density at radius 3 is 2.58 bits per heavy atom. The molecule has 3 nitrogen and oxygen atoms in total. The van der Waals surface area contributed by atoms with Crippen LogP contribution in [0.5, 0.6) is 0 Å². The van der Waals surface area contributed by atoms with Crippen LogP contribution >= 0.6 is 0 Å². The van der Waals surface area contributed by atoms with E-state index in [-0.39, 0.29) is 11.3 Å². The van der Waals surface area contributed by atoms with E-state index in [4.69, 9.17) is 4.74 Å². The van der Waals surface area contributed by atoms with E-state index in [1.54, 1.807) is 19.0 Å². The van der Waals surface area contributed by atoms with E-state index < -0.39 is 0 Å². The highest BCUT2D eigenvalue weighted by molar-refractivity contribution is 5.82. The van der Waals surface area contributed by atoms with Crippen LogP contribution in [0.3, 0.4) is 0 Å². The van der Waals surface area contributed by atoms with Gasteiger partial charge < -0.3 is 9.64 Å². The summed E-state index contributed by atoms with van der Waals surface area (Å²) in [6.07, 6.45) is 1.94. The largest absolute Gasteiger partial charge is 0.380 e. The first kappa shape index (κ1) is 9.52. The number of carbonyl (C=O) groups excluding carboxylic acids is 1. The monoisotopic (exact) mass is 171 g/mol. The number of hydrogen-bond acceptors (Lipinski definition) is 2. The maximum atomic E-state index is 11.7. The quantitative estimate of drug-likeness (QED) is 0.586. The zero-order chi connectivity index (χ0) is 9.19. The predicted molar refractivity (Wildman–Crippen MR) is 46.9 cm³/mol. The Morgan fingerprint density at radius 2 is 2.17 bits per heavy atom. The highest BCUT2D eigenvalue weighted by atomic mass is 16.5. The summed E-state index contributed by atoms with van der Waals surface area (Å²) >= 11 is 0. The molecule has 1 saturated heterocycles. The third-order valence-electron chi connectivity index (χ3n) is 2.36. The molecule has 0 spiro atoms. The van der Waals surface area contributed by atoms with Crippen molar-refractivity contribution in [1.82, 2.24) is 4.90 Å². The van der Waals surface area contributed by atoms with Gasteiger partial charge in [-0.05, 0) is 19.8 Å². The van der Waals surface area contributed by atoms with Crippen LogP contribution in [-0.2, 0) is 9.53 Å². The van der Waals surface area contributed by atoms with Gasteiger partial charge in [-0.15, -0.1) is 0 Å². The average molecular weight is 171 g/mol. The Hall–Kier alpha value is -0.570. The molecule has 1 rings (SSSR count). The second-order valence-electron chi connectivity index (χ2n) is 3.92. The average Bonchev–Trinajstić information content (AvgIpc) is 2.04. The molecular formula is C9H17NO2. The molecule has 1 fully saturated rings. The molecule has 1 heterocycles. The first-order valence-electron chi connectivity index (χ1n) is 4.36. The summed E-state index contributed by atoms with van der Waals surface area (Å²) in [4.78, 5) is 13.3. The lowest BCUT2D eigenvalue weighted by atomic mass is 9.83. The van der Waals surface area contributed by atoms with Crippen LogP contribution in [0.25, 0.3) is 0 Å². The van der Waals surface area contributed by atoms with Gasteiger partial charge in [-0.3, -0.25) is 4.79 Å². The van der Waals surface area contributed by atoms with E-state index in [9.17, 15) is 4.79 Å². The SMILES string of the molecule is CN(C)C(=O)C1(C)CCCOC1. The minimum atomic E-state index is -0.276. The molecule has 0 radical (unpaired) electrons. The number of carbonyl (C=O) groups is 1. The van der Waals surface area contributed by atoms with E-state index >= 15 is 0 Å². The van der Waals surface area contributed by atoms with Crippen molar-refractivity contribution in [3.05, 3.63) is 0 Å². The van der Waals surface area contributed by atoms with Gasteiger partial charge in [0.1, 0.15) is 0 Å². The maximum absolute atomic E-state index is 11.7. The molecular weight excluding hydrogens is 154 g/mol. The van der Waals surface area contributed by atoms with Gasteiger partial charge in [-0.25, -0.2) is 0 Å². The van der Waals surface area contributed by atoms with Gasteiger partial charge in [-0.1, -0.05) is 0 Å².